The van der Waals surface area contributed by atoms with Crippen molar-refractivity contribution in [3.63, 3.8) is 0 Å². The van der Waals surface area contributed by atoms with Crippen LogP contribution in [0.15, 0.2) is 54.6 Å². The van der Waals surface area contributed by atoms with Gasteiger partial charge in [-0.05, 0) is 37.1 Å². The van der Waals surface area contributed by atoms with Crippen molar-refractivity contribution in [2.24, 2.45) is 5.92 Å². The van der Waals surface area contributed by atoms with Gasteiger partial charge in [-0.3, -0.25) is 4.79 Å². The fourth-order valence-electron chi connectivity index (χ4n) is 3.18. The molecule has 1 aliphatic heterocycles. The lowest BCUT2D eigenvalue weighted by atomic mass is 9.95. The van der Waals surface area contributed by atoms with Gasteiger partial charge in [-0.25, -0.2) is 0 Å². The molecule has 4 nitrogen and oxygen atoms in total. The monoisotopic (exact) mass is 400 g/mol. The maximum absolute atomic E-state index is 12.3. The summed E-state index contributed by atoms with van der Waals surface area (Å²) in [5.41, 5.74) is 1.83. The molecule has 150 valence electrons. The van der Waals surface area contributed by atoms with Crippen molar-refractivity contribution in [3.05, 3.63) is 65.7 Å². The second-order valence-electron chi connectivity index (χ2n) is 7.60. The molecule has 1 aliphatic rings. The molecule has 0 aliphatic carbocycles. The first-order chi connectivity index (χ1) is 13.5. The molecule has 0 saturated carbocycles. The van der Waals surface area contributed by atoms with Crippen LogP contribution in [-0.4, -0.2) is 30.5 Å². The maximum atomic E-state index is 12.3. The van der Waals surface area contributed by atoms with Gasteiger partial charge in [-0.2, -0.15) is 11.8 Å². The van der Waals surface area contributed by atoms with Crippen LogP contribution in [-0.2, 0) is 26.6 Å². The minimum atomic E-state index is -0.513. The molecule has 2 atom stereocenters. The number of hydrogen-bond acceptors (Lipinski definition) is 5. The number of carbonyl (C=O) groups is 1. The van der Waals surface area contributed by atoms with E-state index in [0.29, 0.717) is 13.0 Å². The first-order valence-corrected chi connectivity index (χ1v) is 10.7. The molecule has 0 unspecified atom stereocenters. The van der Waals surface area contributed by atoms with E-state index in [4.69, 9.17) is 14.2 Å². The molecule has 0 aromatic heterocycles. The zero-order chi connectivity index (χ0) is 20.0. The van der Waals surface area contributed by atoms with E-state index in [1.165, 1.54) is 5.56 Å². The lowest BCUT2D eigenvalue weighted by Gasteiger charge is -2.30. The maximum Gasteiger partial charge on any atom is 0.310 e. The summed E-state index contributed by atoms with van der Waals surface area (Å²) < 4.78 is 16.9. The Hall–Kier alpha value is -1.98. The molecule has 1 saturated heterocycles. The van der Waals surface area contributed by atoms with Crippen LogP contribution >= 0.6 is 11.8 Å². The van der Waals surface area contributed by atoms with Crippen molar-refractivity contribution in [1.29, 1.82) is 0 Å². The smallest absolute Gasteiger partial charge is 0.310 e. The summed E-state index contributed by atoms with van der Waals surface area (Å²) in [5, 5.41) is 0. The molecule has 2 aromatic rings. The second kappa shape index (κ2) is 9.48. The fourth-order valence-corrected chi connectivity index (χ4v) is 4.28. The lowest BCUT2D eigenvalue weighted by Crippen LogP contribution is -2.38. The molecule has 2 aromatic carbocycles. The van der Waals surface area contributed by atoms with E-state index in [0.717, 1.165) is 22.8 Å². The normalized spacial score (nSPS) is 19.5. The van der Waals surface area contributed by atoms with Crippen LogP contribution < -0.4 is 4.74 Å². The molecule has 3 rings (SSSR count). The highest BCUT2D eigenvalue weighted by atomic mass is 32.2. The quantitative estimate of drug-likeness (QED) is 0.563. The predicted octanol–water partition coefficient (Wildman–Crippen LogP) is 4.86. The number of methoxy groups -OCH3 is 1. The number of carbonyl (C=O) groups excluding carboxylic acids is 1. The van der Waals surface area contributed by atoms with Crippen LogP contribution in [0, 0.1) is 5.92 Å². The number of cyclic esters (lactones) is 1. The Labute approximate surface area is 171 Å². The van der Waals surface area contributed by atoms with Gasteiger partial charge in [0.1, 0.15) is 11.9 Å². The largest absolute Gasteiger partial charge is 0.497 e. The number of hydrogen-bond donors (Lipinski definition) is 0. The van der Waals surface area contributed by atoms with Crippen molar-refractivity contribution in [1.82, 2.24) is 0 Å². The Morgan fingerprint density at radius 3 is 2.46 bits per heavy atom. The average molecular weight is 401 g/mol. The number of thioether (sulfide) groups is 1. The highest BCUT2D eigenvalue weighted by Gasteiger charge is 2.43. The second-order valence-corrected chi connectivity index (χ2v) is 8.63. The van der Waals surface area contributed by atoms with Gasteiger partial charge in [0, 0.05) is 17.9 Å². The van der Waals surface area contributed by atoms with E-state index in [1.54, 1.807) is 18.9 Å². The van der Waals surface area contributed by atoms with E-state index >= 15 is 0 Å². The Bertz CT molecular complexity index is 758. The molecule has 0 spiro atoms. The zero-order valence-corrected chi connectivity index (χ0v) is 17.5. The summed E-state index contributed by atoms with van der Waals surface area (Å²) >= 11 is 1.76. The molecule has 28 heavy (non-hydrogen) atoms. The highest BCUT2D eigenvalue weighted by Crippen LogP contribution is 2.34. The molecular formula is C23H28O4S. The summed E-state index contributed by atoms with van der Waals surface area (Å²) in [7, 11) is 1.66. The first kappa shape index (κ1) is 20.7. The predicted molar refractivity (Wildman–Crippen MR) is 112 cm³/mol. The topological polar surface area (TPSA) is 44.8 Å². The van der Waals surface area contributed by atoms with Gasteiger partial charge in [-0.15, -0.1) is 0 Å². The van der Waals surface area contributed by atoms with Gasteiger partial charge >= 0.3 is 5.97 Å². The molecular weight excluding hydrogens is 372 g/mol. The Kier molecular flexibility index (Phi) is 7.03. The average Bonchev–Trinajstić information content (AvgIpc) is 3.09. The SMILES string of the molecule is COc1ccc(CSC[C@H]2C[C@@H](C(C)(C)OCc3ccccc3)OC2=O)cc1. The standard InChI is InChI=1S/C23H28O4S/c1-23(2,26-14-17-7-5-4-6-8-17)21-13-19(22(24)27-21)16-28-15-18-9-11-20(25-3)12-10-18/h4-12,19,21H,13-16H2,1-3H3/t19-,21+/m1/s1. The molecule has 0 radical (unpaired) electrons. The van der Waals surface area contributed by atoms with Crippen LogP contribution in [0.2, 0.25) is 0 Å². The minimum Gasteiger partial charge on any atom is -0.497 e. The molecule has 5 heteroatoms. The third-order valence-corrected chi connectivity index (χ3v) is 6.24. The molecule has 0 amide bonds. The third kappa shape index (κ3) is 5.52. The molecule has 1 heterocycles. The Morgan fingerprint density at radius 2 is 1.79 bits per heavy atom. The van der Waals surface area contributed by atoms with Crippen molar-refractivity contribution < 1.29 is 19.0 Å². The van der Waals surface area contributed by atoms with Gasteiger partial charge in [-0.1, -0.05) is 42.5 Å². The molecule has 1 fully saturated rings. The molecule has 0 bridgehead atoms. The van der Waals surface area contributed by atoms with E-state index in [1.807, 2.05) is 56.3 Å². The van der Waals surface area contributed by atoms with Crippen molar-refractivity contribution in [2.75, 3.05) is 12.9 Å². The summed E-state index contributed by atoms with van der Waals surface area (Å²) in [4.78, 5) is 12.3. The van der Waals surface area contributed by atoms with Crippen molar-refractivity contribution in [3.8, 4) is 5.75 Å². The number of ether oxygens (including phenoxy) is 3. The lowest BCUT2D eigenvalue weighted by molar-refractivity contribution is -0.158. The first-order valence-electron chi connectivity index (χ1n) is 9.57. The summed E-state index contributed by atoms with van der Waals surface area (Å²) in [6.07, 6.45) is 0.492. The number of benzene rings is 2. The Balaban J connectivity index is 1.46. The van der Waals surface area contributed by atoms with E-state index in [9.17, 15) is 4.79 Å². The van der Waals surface area contributed by atoms with E-state index in [-0.39, 0.29) is 18.0 Å². The van der Waals surface area contributed by atoms with Gasteiger partial charge in [0.25, 0.3) is 0 Å². The van der Waals surface area contributed by atoms with E-state index in [2.05, 4.69) is 12.1 Å². The highest BCUT2D eigenvalue weighted by molar-refractivity contribution is 7.98. The zero-order valence-electron chi connectivity index (χ0n) is 16.7. The van der Waals surface area contributed by atoms with Crippen LogP contribution in [0.3, 0.4) is 0 Å². The van der Waals surface area contributed by atoms with Gasteiger partial charge < -0.3 is 14.2 Å². The van der Waals surface area contributed by atoms with Gasteiger partial charge in [0.15, 0.2) is 0 Å². The number of rotatable bonds is 9. The van der Waals surface area contributed by atoms with Crippen LogP contribution in [0.4, 0.5) is 0 Å². The van der Waals surface area contributed by atoms with Crippen LogP contribution in [0.1, 0.15) is 31.4 Å². The summed E-state index contributed by atoms with van der Waals surface area (Å²) in [5.74, 6) is 2.30. The summed E-state index contributed by atoms with van der Waals surface area (Å²) in [6, 6.07) is 18.1. The third-order valence-electron chi connectivity index (χ3n) is 5.07. The number of esters is 1. The minimum absolute atomic E-state index is 0.0761. The molecule has 0 N–H and O–H groups in total. The van der Waals surface area contributed by atoms with Crippen molar-refractivity contribution >= 4 is 17.7 Å². The summed E-state index contributed by atoms with van der Waals surface area (Å²) in [6.45, 7) is 4.51. The van der Waals surface area contributed by atoms with Crippen LogP contribution in [0.5, 0.6) is 5.75 Å². The van der Waals surface area contributed by atoms with Crippen LogP contribution in [0.25, 0.3) is 0 Å². The Morgan fingerprint density at radius 1 is 1.07 bits per heavy atom. The van der Waals surface area contributed by atoms with Crippen molar-refractivity contribution in [2.45, 2.75) is 44.3 Å². The van der Waals surface area contributed by atoms with Gasteiger partial charge in [0.2, 0.25) is 0 Å². The van der Waals surface area contributed by atoms with E-state index < -0.39 is 5.60 Å². The fraction of sp³-hybridized carbons (Fsp3) is 0.435. The van der Waals surface area contributed by atoms with Gasteiger partial charge in [0.05, 0.1) is 25.2 Å².